The fraction of sp³-hybridized carbons (Fsp3) is 0.368. The second-order valence-electron chi connectivity index (χ2n) is 6.32. The highest BCUT2D eigenvalue weighted by Gasteiger charge is 2.16. The molecule has 1 aromatic heterocycles. The standard InChI is InChI=1S/C19H26N4O2/c1-12(2)9-16(20)19(24)23-14-5-6-15(17(11-14)25-4)13-7-8-22-18(10-13)21-3/h5-8,10-12,16H,9,20H2,1-4H3,(H,21,22)(H,23,24). The van der Waals surface area contributed by atoms with E-state index in [0.29, 0.717) is 23.8 Å². The first-order chi connectivity index (χ1) is 11.9. The minimum Gasteiger partial charge on any atom is -0.496 e. The van der Waals surface area contributed by atoms with E-state index in [-0.39, 0.29) is 5.91 Å². The predicted molar refractivity (Wildman–Crippen MR) is 102 cm³/mol. The third kappa shape index (κ3) is 4.93. The summed E-state index contributed by atoms with van der Waals surface area (Å²) < 4.78 is 5.50. The van der Waals surface area contributed by atoms with Crippen LogP contribution in [0, 0.1) is 5.92 Å². The molecule has 1 unspecified atom stereocenters. The van der Waals surface area contributed by atoms with E-state index >= 15 is 0 Å². The molecule has 1 heterocycles. The molecule has 1 atom stereocenters. The lowest BCUT2D eigenvalue weighted by Crippen LogP contribution is -2.36. The van der Waals surface area contributed by atoms with Crippen LogP contribution in [0.1, 0.15) is 20.3 Å². The van der Waals surface area contributed by atoms with E-state index in [0.717, 1.165) is 16.9 Å². The highest BCUT2D eigenvalue weighted by atomic mass is 16.5. The first-order valence-corrected chi connectivity index (χ1v) is 8.33. The number of amides is 1. The largest absolute Gasteiger partial charge is 0.496 e. The third-order valence-corrected chi connectivity index (χ3v) is 3.86. The van der Waals surface area contributed by atoms with Crippen molar-refractivity contribution in [3.05, 3.63) is 36.5 Å². The summed E-state index contributed by atoms with van der Waals surface area (Å²) in [6.07, 6.45) is 2.38. The van der Waals surface area contributed by atoms with E-state index in [9.17, 15) is 4.79 Å². The summed E-state index contributed by atoms with van der Waals surface area (Å²) in [4.78, 5) is 16.4. The number of pyridine rings is 1. The van der Waals surface area contributed by atoms with E-state index in [1.807, 2.05) is 45.2 Å². The van der Waals surface area contributed by atoms with Crippen LogP contribution in [0.5, 0.6) is 5.75 Å². The molecule has 6 nitrogen and oxygen atoms in total. The molecule has 0 saturated heterocycles. The quantitative estimate of drug-likeness (QED) is 0.719. The van der Waals surface area contributed by atoms with Crippen LogP contribution in [-0.2, 0) is 4.79 Å². The summed E-state index contributed by atoms with van der Waals surface area (Å²) in [5, 5.41) is 5.87. The summed E-state index contributed by atoms with van der Waals surface area (Å²) in [6, 6.07) is 8.89. The van der Waals surface area contributed by atoms with Crippen molar-refractivity contribution in [2.24, 2.45) is 11.7 Å². The number of benzene rings is 1. The van der Waals surface area contributed by atoms with Gasteiger partial charge in [0.05, 0.1) is 13.2 Å². The Morgan fingerprint density at radius 2 is 2.04 bits per heavy atom. The predicted octanol–water partition coefficient (Wildman–Crippen LogP) is 3.11. The zero-order valence-electron chi connectivity index (χ0n) is 15.2. The summed E-state index contributed by atoms with van der Waals surface area (Å²) in [7, 11) is 3.43. The Kier molecular flexibility index (Phi) is 6.36. The molecule has 0 aliphatic rings. The van der Waals surface area contributed by atoms with Crippen molar-refractivity contribution in [3.63, 3.8) is 0 Å². The molecule has 1 aromatic carbocycles. The van der Waals surface area contributed by atoms with Gasteiger partial charge in [0, 0.05) is 30.6 Å². The van der Waals surface area contributed by atoms with E-state index in [1.54, 1.807) is 19.4 Å². The number of hydrogen-bond donors (Lipinski definition) is 3. The molecule has 1 amide bonds. The van der Waals surface area contributed by atoms with Gasteiger partial charge in [0.25, 0.3) is 0 Å². The smallest absolute Gasteiger partial charge is 0.241 e. The average molecular weight is 342 g/mol. The molecule has 0 fully saturated rings. The fourth-order valence-electron chi connectivity index (χ4n) is 2.59. The lowest BCUT2D eigenvalue weighted by Gasteiger charge is -2.16. The number of carbonyl (C=O) groups excluding carboxylic acids is 1. The summed E-state index contributed by atoms with van der Waals surface area (Å²) in [5.41, 5.74) is 8.49. The van der Waals surface area contributed by atoms with Gasteiger partial charge in [0.2, 0.25) is 5.91 Å². The van der Waals surface area contributed by atoms with Gasteiger partial charge >= 0.3 is 0 Å². The lowest BCUT2D eigenvalue weighted by atomic mass is 10.0. The van der Waals surface area contributed by atoms with Crippen LogP contribution in [0.15, 0.2) is 36.5 Å². The van der Waals surface area contributed by atoms with Crippen molar-refractivity contribution < 1.29 is 9.53 Å². The molecule has 4 N–H and O–H groups in total. The van der Waals surface area contributed by atoms with E-state index < -0.39 is 6.04 Å². The topological polar surface area (TPSA) is 89.3 Å². The van der Waals surface area contributed by atoms with Gasteiger partial charge in [-0.2, -0.15) is 0 Å². The average Bonchev–Trinajstić information content (AvgIpc) is 2.61. The maximum absolute atomic E-state index is 12.2. The van der Waals surface area contributed by atoms with Crippen molar-refractivity contribution in [3.8, 4) is 16.9 Å². The van der Waals surface area contributed by atoms with Gasteiger partial charge in [-0.05, 0) is 42.2 Å². The van der Waals surface area contributed by atoms with Crippen LogP contribution < -0.4 is 21.1 Å². The minimum absolute atomic E-state index is 0.190. The van der Waals surface area contributed by atoms with Crippen molar-refractivity contribution >= 4 is 17.4 Å². The summed E-state index contributed by atoms with van der Waals surface area (Å²) >= 11 is 0. The van der Waals surface area contributed by atoms with Gasteiger partial charge in [-0.15, -0.1) is 0 Å². The first-order valence-electron chi connectivity index (χ1n) is 8.33. The number of rotatable bonds is 7. The molecule has 0 aliphatic carbocycles. The number of carbonyl (C=O) groups is 1. The van der Waals surface area contributed by atoms with E-state index in [2.05, 4.69) is 15.6 Å². The van der Waals surface area contributed by atoms with Crippen molar-refractivity contribution in [1.29, 1.82) is 0 Å². The Bertz CT molecular complexity index is 731. The molecule has 2 aromatic rings. The Morgan fingerprint density at radius 1 is 1.28 bits per heavy atom. The van der Waals surface area contributed by atoms with Gasteiger partial charge in [-0.1, -0.05) is 13.8 Å². The first kappa shape index (κ1) is 18.7. The monoisotopic (exact) mass is 342 g/mol. The van der Waals surface area contributed by atoms with Gasteiger partial charge in [-0.25, -0.2) is 4.98 Å². The SMILES string of the molecule is CNc1cc(-c2ccc(NC(=O)C(N)CC(C)C)cc2OC)ccn1. The molecule has 0 bridgehead atoms. The molecule has 0 saturated carbocycles. The van der Waals surface area contributed by atoms with Crippen LogP contribution in [-0.4, -0.2) is 31.1 Å². The molecule has 2 rings (SSSR count). The molecular formula is C19H26N4O2. The molecule has 134 valence electrons. The van der Waals surface area contributed by atoms with Crippen LogP contribution in [0.4, 0.5) is 11.5 Å². The number of nitrogens with zero attached hydrogens (tertiary/aromatic N) is 1. The maximum atomic E-state index is 12.2. The zero-order chi connectivity index (χ0) is 18.4. The van der Waals surface area contributed by atoms with Crippen LogP contribution in [0.2, 0.25) is 0 Å². The Labute approximate surface area is 148 Å². The maximum Gasteiger partial charge on any atom is 0.241 e. The number of methoxy groups -OCH3 is 1. The molecular weight excluding hydrogens is 316 g/mol. The number of nitrogens with one attached hydrogen (secondary N) is 2. The summed E-state index contributed by atoms with van der Waals surface area (Å²) in [6.45, 7) is 4.08. The van der Waals surface area contributed by atoms with Crippen molar-refractivity contribution in [1.82, 2.24) is 4.98 Å². The Morgan fingerprint density at radius 3 is 2.68 bits per heavy atom. The Hall–Kier alpha value is -2.60. The van der Waals surface area contributed by atoms with Gasteiger partial charge in [-0.3, -0.25) is 4.79 Å². The number of nitrogens with two attached hydrogens (primary N) is 1. The van der Waals surface area contributed by atoms with Crippen molar-refractivity contribution in [2.45, 2.75) is 26.3 Å². The van der Waals surface area contributed by atoms with Gasteiger partial charge in [0.15, 0.2) is 0 Å². The number of hydrogen-bond acceptors (Lipinski definition) is 5. The van der Waals surface area contributed by atoms with Gasteiger partial charge in [0.1, 0.15) is 11.6 Å². The highest BCUT2D eigenvalue weighted by Crippen LogP contribution is 2.33. The molecule has 6 heteroatoms. The molecule has 0 aliphatic heterocycles. The number of aromatic nitrogens is 1. The van der Waals surface area contributed by atoms with Gasteiger partial charge < -0.3 is 21.1 Å². The fourth-order valence-corrected chi connectivity index (χ4v) is 2.59. The van der Waals surface area contributed by atoms with Crippen LogP contribution in [0.25, 0.3) is 11.1 Å². The number of ether oxygens (including phenoxy) is 1. The second-order valence-corrected chi connectivity index (χ2v) is 6.32. The number of anilines is 2. The molecule has 0 radical (unpaired) electrons. The Balaban J connectivity index is 2.22. The van der Waals surface area contributed by atoms with Crippen LogP contribution >= 0.6 is 0 Å². The lowest BCUT2D eigenvalue weighted by molar-refractivity contribution is -0.117. The van der Waals surface area contributed by atoms with Crippen molar-refractivity contribution in [2.75, 3.05) is 24.8 Å². The van der Waals surface area contributed by atoms with E-state index in [1.165, 1.54) is 0 Å². The van der Waals surface area contributed by atoms with Crippen LogP contribution in [0.3, 0.4) is 0 Å². The second kappa shape index (κ2) is 8.48. The highest BCUT2D eigenvalue weighted by molar-refractivity contribution is 5.95. The summed E-state index contributed by atoms with van der Waals surface area (Å²) in [5.74, 6) is 1.62. The normalized spacial score (nSPS) is 11.9. The molecule has 0 spiro atoms. The zero-order valence-corrected chi connectivity index (χ0v) is 15.2. The molecule has 25 heavy (non-hydrogen) atoms. The third-order valence-electron chi connectivity index (χ3n) is 3.86. The van der Waals surface area contributed by atoms with E-state index in [4.69, 9.17) is 10.5 Å². The minimum atomic E-state index is -0.524.